The summed E-state index contributed by atoms with van der Waals surface area (Å²) in [4.78, 5) is 0. The molecule has 0 aromatic rings. The van der Waals surface area contributed by atoms with Crippen molar-refractivity contribution in [2.75, 3.05) is 0 Å². The van der Waals surface area contributed by atoms with Gasteiger partial charge in [0.2, 0.25) is 0 Å². The largest absolute Gasteiger partial charge is 0.192 e. The molecule has 14 heavy (non-hydrogen) atoms. The van der Waals surface area contributed by atoms with E-state index in [1.807, 2.05) is 18.2 Å². The van der Waals surface area contributed by atoms with Gasteiger partial charge in [-0.1, -0.05) is 39.0 Å². The fraction of sp³-hybridized carbons (Fsp3) is 0.462. The molecule has 0 aliphatic heterocycles. The first-order chi connectivity index (χ1) is 6.64. The van der Waals surface area contributed by atoms with Gasteiger partial charge in [0.05, 0.1) is 11.6 Å². The predicted octanol–water partition coefficient (Wildman–Crippen LogP) is 3.61. The van der Waals surface area contributed by atoms with Crippen LogP contribution in [0.5, 0.6) is 0 Å². The first kappa shape index (κ1) is 10.8. The quantitative estimate of drug-likeness (QED) is 0.647. The van der Waals surface area contributed by atoms with Gasteiger partial charge in [-0.3, -0.25) is 0 Å². The second-order valence-electron chi connectivity index (χ2n) is 4.05. The molecule has 1 aliphatic carbocycles. The van der Waals surface area contributed by atoms with Crippen LogP contribution in [0.25, 0.3) is 0 Å². The van der Waals surface area contributed by atoms with Crippen LogP contribution in [0.3, 0.4) is 0 Å². The molecule has 0 amide bonds. The van der Waals surface area contributed by atoms with Crippen LogP contribution in [-0.2, 0) is 0 Å². The average molecular weight is 187 g/mol. The molecular weight excluding hydrogens is 170 g/mol. The minimum absolute atomic E-state index is 0.120. The Balaban J connectivity index is 3.03. The molecule has 0 radical (unpaired) electrons. The molecule has 74 valence electrons. The van der Waals surface area contributed by atoms with E-state index < -0.39 is 0 Å². The highest BCUT2D eigenvalue weighted by Gasteiger charge is 2.26. The highest BCUT2D eigenvalue weighted by atomic mass is 14.3. The van der Waals surface area contributed by atoms with Crippen LogP contribution in [0.2, 0.25) is 0 Å². The third-order valence-electron chi connectivity index (χ3n) is 3.07. The lowest BCUT2D eigenvalue weighted by Crippen LogP contribution is -2.20. The Morgan fingerprint density at radius 1 is 1.43 bits per heavy atom. The lowest BCUT2D eigenvalue weighted by atomic mass is 9.74. The molecule has 0 N–H and O–H groups in total. The van der Waals surface area contributed by atoms with Gasteiger partial charge in [0, 0.05) is 5.41 Å². The van der Waals surface area contributed by atoms with Crippen molar-refractivity contribution >= 4 is 0 Å². The molecular formula is C13H17N. The van der Waals surface area contributed by atoms with Crippen LogP contribution in [0.4, 0.5) is 0 Å². The average Bonchev–Trinajstić information content (AvgIpc) is 2.40. The van der Waals surface area contributed by atoms with Gasteiger partial charge in [-0.25, -0.2) is 0 Å². The second-order valence-corrected chi connectivity index (χ2v) is 4.05. The van der Waals surface area contributed by atoms with Crippen LogP contribution in [0.15, 0.2) is 36.0 Å². The van der Waals surface area contributed by atoms with E-state index in [4.69, 9.17) is 5.26 Å². The zero-order chi connectivity index (χ0) is 10.6. The van der Waals surface area contributed by atoms with Crippen LogP contribution in [-0.4, -0.2) is 0 Å². The zero-order valence-corrected chi connectivity index (χ0v) is 9.12. The molecule has 1 rings (SSSR count). The summed E-state index contributed by atoms with van der Waals surface area (Å²) < 4.78 is 0. The Labute approximate surface area is 86.4 Å². The van der Waals surface area contributed by atoms with Crippen molar-refractivity contribution in [2.24, 2.45) is 11.3 Å². The van der Waals surface area contributed by atoms with Crippen molar-refractivity contribution in [3.63, 3.8) is 0 Å². The molecule has 0 heterocycles. The van der Waals surface area contributed by atoms with Gasteiger partial charge in [0.25, 0.3) is 0 Å². The minimum Gasteiger partial charge on any atom is -0.192 e. The van der Waals surface area contributed by atoms with Gasteiger partial charge in [0.15, 0.2) is 0 Å². The Bertz CT molecular complexity index is 326. The Morgan fingerprint density at radius 3 is 2.64 bits per heavy atom. The fourth-order valence-electron chi connectivity index (χ4n) is 1.79. The van der Waals surface area contributed by atoms with Crippen molar-refractivity contribution < 1.29 is 0 Å². The molecule has 0 aromatic heterocycles. The van der Waals surface area contributed by atoms with Crippen molar-refractivity contribution in [1.29, 1.82) is 5.26 Å². The van der Waals surface area contributed by atoms with Crippen LogP contribution in [0, 0.1) is 22.7 Å². The van der Waals surface area contributed by atoms with Crippen molar-refractivity contribution in [1.82, 2.24) is 0 Å². The normalized spacial score (nSPS) is 25.8. The topological polar surface area (TPSA) is 23.8 Å². The standard InChI is InChI=1S/C13H17N/c1-4-13(11(2)3)8-5-6-12(10-14)7-9-13/h5-9,11H,4H2,1-3H3. The Morgan fingerprint density at radius 2 is 2.14 bits per heavy atom. The summed E-state index contributed by atoms with van der Waals surface area (Å²) in [5.74, 6) is 0.562. The van der Waals surface area contributed by atoms with Crippen LogP contribution < -0.4 is 0 Å². The SMILES string of the molecule is CCC1(C(C)C)C=CC=C(C#N)C=C1. The Hall–Kier alpha value is -1.29. The molecule has 1 nitrogen and oxygen atoms in total. The molecule has 1 aliphatic rings. The van der Waals surface area contributed by atoms with Gasteiger partial charge < -0.3 is 0 Å². The summed E-state index contributed by atoms with van der Waals surface area (Å²) in [6.07, 6.45) is 11.3. The lowest BCUT2D eigenvalue weighted by Gasteiger charge is -2.30. The predicted molar refractivity (Wildman–Crippen MR) is 59.5 cm³/mol. The maximum atomic E-state index is 8.79. The third kappa shape index (κ3) is 1.96. The first-order valence-corrected chi connectivity index (χ1v) is 5.13. The summed E-state index contributed by atoms with van der Waals surface area (Å²) >= 11 is 0. The molecule has 1 unspecified atom stereocenters. The monoisotopic (exact) mass is 187 g/mol. The highest BCUT2D eigenvalue weighted by Crippen LogP contribution is 2.36. The maximum Gasteiger partial charge on any atom is 0.0991 e. The maximum absolute atomic E-state index is 8.79. The van der Waals surface area contributed by atoms with Gasteiger partial charge in [-0.2, -0.15) is 5.26 Å². The fourth-order valence-corrected chi connectivity index (χ4v) is 1.79. The van der Waals surface area contributed by atoms with Crippen molar-refractivity contribution in [2.45, 2.75) is 27.2 Å². The number of hydrogen-bond donors (Lipinski definition) is 0. The molecule has 1 atom stereocenters. The first-order valence-electron chi connectivity index (χ1n) is 5.13. The number of nitriles is 1. The molecule has 0 saturated heterocycles. The van der Waals surface area contributed by atoms with Crippen molar-refractivity contribution in [3.8, 4) is 6.07 Å². The van der Waals surface area contributed by atoms with E-state index >= 15 is 0 Å². The summed E-state index contributed by atoms with van der Waals surface area (Å²) in [5.41, 5.74) is 0.854. The van der Waals surface area contributed by atoms with Gasteiger partial charge in [-0.15, -0.1) is 0 Å². The lowest BCUT2D eigenvalue weighted by molar-refractivity contribution is 0.335. The summed E-state index contributed by atoms with van der Waals surface area (Å²) in [5, 5.41) is 8.79. The second kappa shape index (κ2) is 4.28. The van der Waals surface area contributed by atoms with Crippen molar-refractivity contribution in [3.05, 3.63) is 36.0 Å². The third-order valence-corrected chi connectivity index (χ3v) is 3.07. The van der Waals surface area contributed by atoms with E-state index in [0.29, 0.717) is 5.92 Å². The van der Waals surface area contributed by atoms with E-state index in [2.05, 4.69) is 39.0 Å². The van der Waals surface area contributed by atoms with Gasteiger partial charge in [0.1, 0.15) is 0 Å². The van der Waals surface area contributed by atoms with Gasteiger partial charge >= 0.3 is 0 Å². The summed E-state index contributed by atoms with van der Waals surface area (Å²) in [7, 11) is 0. The molecule has 0 aromatic carbocycles. The minimum atomic E-state index is 0.120. The van der Waals surface area contributed by atoms with E-state index in [-0.39, 0.29) is 5.41 Å². The van der Waals surface area contributed by atoms with Crippen LogP contribution >= 0.6 is 0 Å². The number of hydrogen-bond acceptors (Lipinski definition) is 1. The highest BCUT2D eigenvalue weighted by molar-refractivity contribution is 5.40. The van der Waals surface area contributed by atoms with Crippen LogP contribution in [0.1, 0.15) is 27.2 Å². The molecule has 1 heteroatoms. The number of allylic oxidation sites excluding steroid dienone is 6. The number of rotatable bonds is 2. The van der Waals surface area contributed by atoms with E-state index in [9.17, 15) is 0 Å². The summed E-state index contributed by atoms with van der Waals surface area (Å²) in [6, 6.07) is 2.17. The smallest absolute Gasteiger partial charge is 0.0991 e. The number of nitrogens with zero attached hydrogens (tertiary/aromatic N) is 1. The zero-order valence-electron chi connectivity index (χ0n) is 9.12. The van der Waals surface area contributed by atoms with E-state index in [0.717, 1.165) is 12.0 Å². The van der Waals surface area contributed by atoms with Gasteiger partial charge in [-0.05, 0) is 24.5 Å². The molecule has 0 spiro atoms. The Kier molecular flexibility index (Phi) is 3.30. The molecule has 0 fully saturated rings. The van der Waals surface area contributed by atoms with E-state index in [1.165, 1.54) is 0 Å². The van der Waals surface area contributed by atoms with E-state index in [1.54, 1.807) is 0 Å². The molecule has 0 bridgehead atoms. The summed E-state index contributed by atoms with van der Waals surface area (Å²) in [6.45, 7) is 6.62. The molecule has 0 saturated carbocycles.